The smallest absolute Gasteiger partial charge is 0.254 e. The van der Waals surface area contributed by atoms with Crippen molar-refractivity contribution in [3.63, 3.8) is 0 Å². The molecule has 9 nitrogen and oxygen atoms in total. The van der Waals surface area contributed by atoms with E-state index in [9.17, 15) is 9.59 Å². The molecule has 164 valence electrons. The maximum absolute atomic E-state index is 13.0. The lowest BCUT2D eigenvalue weighted by Gasteiger charge is -2.36. The van der Waals surface area contributed by atoms with Crippen LogP contribution < -0.4 is 20.3 Å². The number of nitrogens with zero attached hydrogens (tertiary/aromatic N) is 3. The van der Waals surface area contributed by atoms with Crippen LogP contribution >= 0.6 is 0 Å². The lowest BCUT2D eigenvalue weighted by atomic mass is 10.0. The molecule has 2 N–H and O–H groups in total. The van der Waals surface area contributed by atoms with Crippen molar-refractivity contribution in [3.05, 3.63) is 53.9 Å². The first-order chi connectivity index (χ1) is 15.1. The number of hydrogen-bond donors (Lipinski definition) is 2. The van der Waals surface area contributed by atoms with Crippen molar-refractivity contribution in [2.75, 3.05) is 40.4 Å². The van der Waals surface area contributed by atoms with Crippen LogP contribution in [0.5, 0.6) is 11.5 Å². The molecule has 0 bridgehead atoms. The van der Waals surface area contributed by atoms with Crippen molar-refractivity contribution in [1.29, 1.82) is 0 Å². The highest BCUT2D eigenvalue weighted by atomic mass is 16.5. The molecule has 2 aliphatic rings. The Morgan fingerprint density at radius 2 is 1.68 bits per heavy atom. The fourth-order valence-electron chi connectivity index (χ4n) is 3.98. The summed E-state index contributed by atoms with van der Waals surface area (Å²) in [4.78, 5) is 33.6. The van der Waals surface area contributed by atoms with E-state index in [2.05, 4.69) is 15.8 Å². The summed E-state index contributed by atoms with van der Waals surface area (Å²) in [6, 6.07) is 8.78. The Bertz CT molecular complexity index is 909. The van der Waals surface area contributed by atoms with Gasteiger partial charge in [0.2, 0.25) is 5.91 Å². The highest BCUT2D eigenvalue weighted by molar-refractivity contribution is 5.95. The highest BCUT2D eigenvalue weighted by Crippen LogP contribution is 2.25. The summed E-state index contributed by atoms with van der Waals surface area (Å²) in [6.45, 7) is 1.97. The SMILES string of the molecule is COc1cc(OC)cc(C(=O)N2CCN(C(=O)C3CC(c4cccnc4)NN3)CC2)c1. The van der Waals surface area contributed by atoms with Crippen LogP contribution in [0, 0.1) is 0 Å². The molecular formula is C22H27N5O4. The second kappa shape index (κ2) is 9.32. The van der Waals surface area contributed by atoms with Gasteiger partial charge in [-0.1, -0.05) is 6.07 Å². The topological polar surface area (TPSA) is 96.0 Å². The van der Waals surface area contributed by atoms with Crippen molar-refractivity contribution in [2.45, 2.75) is 18.5 Å². The Kier molecular flexibility index (Phi) is 6.34. The van der Waals surface area contributed by atoms with E-state index in [1.807, 2.05) is 23.2 Å². The van der Waals surface area contributed by atoms with Crippen molar-refractivity contribution >= 4 is 11.8 Å². The molecule has 2 aromatic rings. The summed E-state index contributed by atoms with van der Waals surface area (Å²) in [5.41, 5.74) is 7.86. The second-order valence-corrected chi connectivity index (χ2v) is 7.63. The average molecular weight is 425 g/mol. The molecule has 31 heavy (non-hydrogen) atoms. The van der Waals surface area contributed by atoms with Gasteiger partial charge in [-0.05, 0) is 30.2 Å². The average Bonchev–Trinajstić information content (AvgIpc) is 3.34. The lowest BCUT2D eigenvalue weighted by molar-refractivity contribution is -0.134. The minimum Gasteiger partial charge on any atom is -0.497 e. The number of benzene rings is 1. The summed E-state index contributed by atoms with van der Waals surface area (Å²) < 4.78 is 10.5. The third-order valence-corrected chi connectivity index (χ3v) is 5.77. The van der Waals surface area contributed by atoms with Gasteiger partial charge in [-0.25, -0.2) is 10.9 Å². The molecule has 3 heterocycles. The number of carbonyl (C=O) groups excluding carboxylic acids is 2. The normalized spacial score (nSPS) is 21.1. The Morgan fingerprint density at radius 3 is 2.29 bits per heavy atom. The van der Waals surface area contributed by atoms with E-state index in [0.717, 1.165) is 5.56 Å². The molecule has 0 spiro atoms. The number of hydrogen-bond acceptors (Lipinski definition) is 7. The number of hydrazine groups is 1. The minimum absolute atomic E-state index is 0.0496. The lowest BCUT2D eigenvalue weighted by Crippen LogP contribution is -2.54. The van der Waals surface area contributed by atoms with Gasteiger partial charge < -0.3 is 19.3 Å². The van der Waals surface area contributed by atoms with Gasteiger partial charge in [-0.3, -0.25) is 14.6 Å². The molecule has 1 aromatic carbocycles. The number of pyridine rings is 1. The number of rotatable bonds is 5. The van der Waals surface area contributed by atoms with Crippen LogP contribution in [0.3, 0.4) is 0 Å². The zero-order valence-corrected chi connectivity index (χ0v) is 17.7. The molecule has 0 radical (unpaired) electrons. The molecule has 2 unspecified atom stereocenters. The van der Waals surface area contributed by atoms with E-state index < -0.39 is 0 Å². The molecule has 0 aliphatic carbocycles. The molecule has 2 atom stereocenters. The van der Waals surface area contributed by atoms with Gasteiger partial charge in [0.05, 0.1) is 14.2 Å². The number of methoxy groups -OCH3 is 2. The van der Waals surface area contributed by atoms with Crippen molar-refractivity contribution < 1.29 is 19.1 Å². The Morgan fingerprint density at radius 1 is 1.00 bits per heavy atom. The maximum atomic E-state index is 13.0. The number of aromatic nitrogens is 1. The van der Waals surface area contributed by atoms with Gasteiger partial charge in [0.15, 0.2) is 0 Å². The predicted octanol–water partition coefficient (Wildman–Crippen LogP) is 0.991. The van der Waals surface area contributed by atoms with Crippen LogP contribution in [-0.4, -0.2) is 73.0 Å². The van der Waals surface area contributed by atoms with E-state index in [-0.39, 0.29) is 23.9 Å². The molecule has 2 saturated heterocycles. The largest absolute Gasteiger partial charge is 0.497 e. The van der Waals surface area contributed by atoms with Gasteiger partial charge >= 0.3 is 0 Å². The standard InChI is InChI=1S/C22H27N5O4/c1-30-17-10-16(11-18(12-17)31-2)21(28)26-6-8-27(9-7-26)22(29)20-13-19(24-25-20)15-4-3-5-23-14-15/h3-5,10-12,14,19-20,24-25H,6-9,13H2,1-2H3. The van der Waals surface area contributed by atoms with Crippen molar-refractivity contribution in [1.82, 2.24) is 25.6 Å². The summed E-state index contributed by atoms with van der Waals surface area (Å²) >= 11 is 0. The van der Waals surface area contributed by atoms with E-state index >= 15 is 0 Å². The molecular weight excluding hydrogens is 398 g/mol. The molecule has 4 rings (SSSR count). The van der Waals surface area contributed by atoms with Crippen LogP contribution in [0.2, 0.25) is 0 Å². The zero-order valence-electron chi connectivity index (χ0n) is 17.7. The molecule has 1 aromatic heterocycles. The molecule has 2 fully saturated rings. The summed E-state index contributed by atoms with van der Waals surface area (Å²) in [6.07, 6.45) is 4.20. The summed E-state index contributed by atoms with van der Waals surface area (Å²) in [5.74, 6) is 1.09. The van der Waals surface area contributed by atoms with Crippen LogP contribution in [-0.2, 0) is 4.79 Å². The Labute approximate surface area is 181 Å². The zero-order chi connectivity index (χ0) is 21.8. The number of ether oxygens (including phenoxy) is 2. The quantitative estimate of drug-likeness (QED) is 0.738. The monoisotopic (exact) mass is 425 g/mol. The van der Waals surface area contributed by atoms with Crippen molar-refractivity contribution in [2.24, 2.45) is 0 Å². The number of piperazine rings is 1. The van der Waals surface area contributed by atoms with Crippen LogP contribution in [0.15, 0.2) is 42.7 Å². The first-order valence-corrected chi connectivity index (χ1v) is 10.3. The minimum atomic E-state index is -0.296. The van der Waals surface area contributed by atoms with Gasteiger partial charge in [0, 0.05) is 56.2 Å². The van der Waals surface area contributed by atoms with E-state index in [1.165, 1.54) is 0 Å². The van der Waals surface area contributed by atoms with E-state index in [0.29, 0.717) is 49.7 Å². The highest BCUT2D eigenvalue weighted by Gasteiger charge is 2.34. The van der Waals surface area contributed by atoms with Crippen LogP contribution in [0.4, 0.5) is 0 Å². The van der Waals surface area contributed by atoms with E-state index in [1.54, 1.807) is 43.5 Å². The van der Waals surface area contributed by atoms with Gasteiger partial charge in [0.25, 0.3) is 5.91 Å². The first-order valence-electron chi connectivity index (χ1n) is 10.3. The molecule has 0 saturated carbocycles. The van der Waals surface area contributed by atoms with Gasteiger partial charge in [-0.15, -0.1) is 0 Å². The Balaban J connectivity index is 1.33. The molecule has 2 amide bonds. The Hall–Kier alpha value is -3.17. The third kappa shape index (κ3) is 4.62. The molecule has 2 aliphatic heterocycles. The summed E-state index contributed by atoms with van der Waals surface area (Å²) in [5, 5.41) is 0. The van der Waals surface area contributed by atoms with Crippen LogP contribution in [0.25, 0.3) is 0 Å². The number of amides is 2. The van der Waals surface area contributed by atoms with Crippen LogP contribution in [0.1, 0.15) is 28.4 Å². The first kappa shape index (κ1) is 21.1. The van der Waals surface area contributed by atoms with Crippen molar-refractivity contribution in [3.8, 4) is 11.5 Å². The molecule has 9 heteroatoms. The third-order valence-electron chi connectivity index (χ3n) is 5.77. The van der Waals surface area contributed by atoms with Gasteiger partial charge in [0.1, 0.15) is 17.5 Å². The van der Waals surface area contributed by atoms with Gasteiger partial charge in [-0.2, -0.15) is 0 Å². The number of carbonyl (C=O) groups is 2. The van der Waals surface area contributed by atoms with E-state index in [4.69, 9.17) is 9.47 Å². The fourth-order valence-corrected chi connectivity index (χ4v) is 3.98. The number of nitrogens with one attached hydrogen (secondary N) is 2. The maximum Gasteiger partial charge on any atom is 0.254 e. The summed E-state index contributed by atoms with van der Waals surface area (Å²) in [7, 11) is 3.11. The predicted molar refractivity (Wildman–Crippen MR) is 114 cm³/mol. The second-order valence-electron chi connectivity index (χ2n) is 7.63. The fraction of sp³-hybridized carbons (Fsp3) is 0.409.